The Labute approximate surface area is 253 Å². The summed E-state index contributed by atoms with van der Waals surface area (Å²) in [4.78, 5) is 30.3. The third-order valence-corrected chi connectivity index (χ3v) is 8.06. The van der Waals surface area contributed by atoms with Crippen molar-refractivity contribution >= 4 is 29.1 Å². The minimum atomic E-state index is -0.612. The van der Waals surface area contributed by atoms with Crippen molar-refractivity contribution in [3.05, 3.63) is 143 Å². The molecule has 0 bridgehead atoms. The molecule has 0 aromatic heterocycles. The first-order valence-electron chi connectivity index (χ1n) is 14.9. The van der Waals surface area contributed by atoms with Crippen LogP contribution in [0.3, 0.4) is 0 Å². The van der Waals surface area contributed by atoms with Gasteiger partial charge in [0, 0.05) is 23.8 Å². The minimum absolute atomic E-state index is 0.0361. The van der Waals surface area contributed by atoms with E-state index in [1.807, 2.05) is 98.8 Å². The van der Waals surface area contributed by atoms with E-state index in [2.05, 4.69) is 36.5 Å². The average molecular weight is 569 g/mol. The van der Waals surface area contributed by atoms with Crippen molar-refractivity contribution in [2.75, 3.05) is 10.2 Å². The number of nitrogens with zero attached hydrogens (tertiary/aromatic N) is 1. The Balaban J connectivity index is 1.49. The van der Waals surface area contributed by atoms with Gasteiger partial charge in [-0.25, -0.2) is 0 Å². The second-order valence-electron chi connectivity index (χ2n) is 11.6. The van der Waals surface area contributed by atoms with Gasteiger partial charge in [0.2, 0.25) is 0 Å². The fourth-order valence-corrected chi connectivity index (χ4v) is 6.04. The normalized spacial score (nSPS) is 18.2. The summed E-state index contributed by atoms with van der Waals surface area (Å²) in [5, 5.41) is 3.61. The molecule has 5 heteroatoms. The highest BCUT2D eigenvalue weighted by Gasteiger charge is 2.41. The van der Waals surface area contributed by atoms with E-state index in [-0.39, 0.29) is 23.7 Å². The fraction of sp³-hybridized carbons (Fsp3) is 0.211. The zero-order chi connectivity index (χ0) is 29.9. The van der Waals surface area contributed by atoms with Crippen LogP contribution in [0.2, 0.25) is 0 Å². The monoisotopic (exact) mass is 568 g/mol. The second kappa shape index (κ2) is 12.1. The van der Waals surface area contributed by atoms with Crippen molar-refractivity contribution in [3.8, 4) is 5.75 Å². The standard InChI is InChI=1S/C38H36N2O3/c1-25(2)43-31-20-18-29(19-21-31)38-37-33(23-30(24-35(37)41)28-16-13-26(3)14-17-28)39-32-11-7-8-12-34(32)40(38)36(42)22-15-27-9-5-4-6-10-27/h4-22,25,30,38-39H,23-24H2,1-3H3. The summed E-state index contributed by atoms with van der Waals surface area (Å²) in [6.07, 6.45) is 4.52. The molecular formula is C38H36N2O3. The number of anilines is 2. The number of nitrogens with one attached hydrogen (secondary N) is 1. The molecule has 43 heavy (non-hydrogen) atoms. The van der Waals surface area contributed by atoms with Gasteiger partial charge in [0.05, 0.1) is 23.5 Å². The summed E-state index contributed by atoms with van der Waals surface area (Å²) in [5.74, 6) is 0.642. The Kier molecular flexibility index (Phi) is 7.97. The number of para-hydroxylation sites is 2. The quantitative estimate of drug-likeness (QED) is 0.237. The van der Waals surface area contributed by atoms with E-state index in [1.54, 1.807) is 11.0 Å². The predicted octanol–water partition coefficient (Wildman–Crippen LogP) is 8.40. The van der Waals surface area contributed by atoms with Gasteiger partial charge in [-0.1, -0.05) is 84.4 Å². The second-order valence-corrected chi connectivity index (χ2v) is 11.6. The van der Waals surface area contributed by atoms with Gasteiger partial charge >= 0.3 is 0 Å². The summed E-state index contributed by atoms with van der Waals surface area (Å²) in [6, 6.07) is 33.2. The Hall–Kier alpha value is -4.90. The van der Waals surface area contributed by atoms with Gasteiger partial charge in [-0.15, -0.1) is 0 Å². The van der Waals surface area contributed by atoms with Gasteiger partial charge in [0.25, 0.3) is 5.91 Å². The molecule has 1 amide bonds. The van der Waals surface area contributed by atoms with Crippen LogP contribution in [0.4, 0.5) is 11.4 Å². The average Bonchev–Trinajstić information content (AvgIpc) is 3.16. The van der Waals surface area contributed by atoms with E-state index >= 15 is 0 Å². The molecule has 0 fully saturated rings. The maximum absolute atomic E-state index is 14.2. The van der Waals surface area contributed by atoms with Crippen molar-refractivity contribution in [3.63, 3.8) is 0 Å². The molecule has 4 aromatic rings. The number of benzene rings is 4. The van der Waals surface area contributed by atoms with Crippen LogP contribution >= 0.6 is 0 Å². The third-order valence-electron chi connectivity index (χ3n) is 8.06. The highest BCUT2D eigenvalue weighted by Crippen LogP contribution is 2.47. The third kappa shape index (κ3) is 6.02. The molecule has 1 N–H and O–H groups in total. The molecule has 0 saturated carbocycles. The summed E-state index contributed by atoms with van der Waals surface area (Å²) in [5.41, 5.74) is 7.15. The molecule has 216 valence electrons. The molecule has 2 unspecified atom stereocenters. The number of carbonyl (C=O) groups is 2. The maximum Gasteiger partial charge on any atom is 0.251 e. The topological polar surface area (TPSA) is 58.6 Å². The van der Waals surface area contributed by atoms with E-state index < -0.39 is 6.04 Å². The number of ketones is 1. The van der Waals surface area contributed by atoms with Gasteiger partial charge in [-0.3, -0.25) is 14.5 Å². The van der Waals surface area contributed by atoms with Crippen LogP contribution in [0, 0.1) is 6.92 Å². The first-order chi connectivity index (χ1) is 20.9. The largest absolute Gasteiger partial charge is 0.491 e. The Morgan fingerprint density at radius 3 is 2.26 bits per heavy atom. The number of fused-ring (bicyclic) bond motifs is 1. The first kappa shape index (κ1) is 28.2. The van der Waals surface area contributed by atoms with Crippen LogP contribution < -0.4 is 15.0 Å². The molecule has 0 spiro atoms. The zero-order valence-corrected chi connectivity index (χ0v) is 24.8. The lowest BCUT2D eigenvalue weighted by Crippen LogP contribution is -2.37. The van der Waals surface area contributed by atoms with Crippen LogP contribution in [0.25, 0.3) is 6.08 Å². The molecule has 0 radical (unpaired) electrons. The number of hydrogen-bond acceptors (Lipinski definition) is 4. The van der Waals surface area contributed by atoms with Crippen molar-refractivity contribution in [2.24, 2.45) is 0 Å². The van der Waals surface area contributed by atoms with Crippen molar-refractivity contribution in [1.82, 2.24) is 0 Å². The summed E-state index contributed by atoms with van der Waals surface area (Å²) >= 11 is 0. The predicted molar refractivity (Wildman–Crippen MR) is 173 cm³/mol. The van der Waals surface area contributed by atoms with Crippen molar-refractivity contribution in [2.45, 2.75) is 51.7 Å². The van der Waals surface area contributed by atoms with Gasteiger partial charge in [-0.2, -0.15) is 0 Å². The molecular weight excluding hydrogens is 532 g/mol. The number of ether oxygens (including phenoxy) is 1. The number of aryl methyl sites for hydroxylation is 1. The molecule has 0 saturated heterocycles. The number of allylic oxidation sites excluding steroid dienone is 1. The lowest BCUT2D eigenvalue weighted by molar-refractivity contribution is -0.116. The van der Waals surface area contributed by atoms with Crippen LogP contribution in [0.15, 0.2) is 120 Å². The molecule has 2 aliphatic rings. The lowest BCUT2D eigenvalue weighted by atomic mass is 9.78. The van der Waals surface area contributed by atoms with Crippen LogP contribution in [-0.2, 0) is 9.59 Å². The molecule has 5 nitrogen and oxygen atoms in total. The SMILES string of the molecule is Cc1ccc(C2CC(=O)C3=C(C2)Nc2ccccc2N(C(=O)C=Cc2ccccc2)C3c2ccc(OC(C)C)cc2)cc1. The van der Waals surface area contributed by atoms with E-state index in [9.17, 15) is 9.59 Å². The van der Waals surface area contributed by atoms with E-state index in [1.165, 1.54) is 5.56 Å². The molecule has 1 heterocycles. The van der Waals surface area contributed by atoms with Crippen molar-refractivity contribution < 1.29 is 14.3 Å². The van der Waals surface area contributed by atoms with Gasteiger partial charge in [0.15, 0.2) is 5.78 Å². The Morgan fingerprint density at radius 1 is 0.860 bits per heavy atom. The van der Waals surface area contributed by atoms with E-state index in [0.29, 0.717) is 18.4 Å². The number of amides is 1. The van der Waals surface area contributed by atoms with Crippen LogP contribution in [0.5, 0.6) is 5.75 Å². The van der Waals surface area contributed by atoms with Crippen LogP contribution in [-0.4, -0.2) is 17.8 Å². The molecule has 4 aromatic carbocycles. The van der Waals surface area contributed by atoms with Crippen LogP contribution in [0.1, 0.15) is 60.9 Å². The summed E-state index contributed by atoms with van der Waals surface area (Å²) in [6.45, 7) is 6.05. The summed E-state index contributed by atoms with van der Waals surface area (Å²) < 4.78 is 5.92. The van der Waals surface area contributed by atoms with E-state index in [4.69, 9.17) is 4.74 Å². The number of carbonyl (C=O) groups excluding carboxylic acids is 2. The van der Waals surface area contributed by atoms with E-state index in [0.717, 1.165) is 39.5 Å². The molecule has 6 rings (SSSR count). The molecule has 1 aliphatic heterocycles. The van der Waals surface area contributed by atoms with Gasteiger partial charge in [-0.05, 0) is 80.1 Å². The maximum atomic E-state index is 14.2. The highest BCUT2D eigenvalue weighted by atomic mass is 16.5. The first-order valence-corrected chi connectivity index (χ1v) is 14.9. The Morgan fingerprint density at radius 2 is 1.53 bits per heavy atom. The molecule has 2 atom stereocenters. The van der Waals surface area contributed by atoms with Gasteiger partial charge in [0.1, 0.15) is 5.75 Å². The Bertz CT molecular complexity index is 1690. The smallest absolute Gasteiger partial charge is 0.251 e. The number of rotatable bonds is 6. The zero-order valence-electron chi connectivity index (χ0n) is 24.8. The molecule has 1 aliphatic carbocycles. The van der Waals surface area contributed by atoms with Crippen molar-refractivity contribution in [1.29, 1.82) is 0 Å². The number of hydrogen-bond donors (Lipinski definition) is 1. The minimum Gasteiger partial charge on any atom is -0.491 e. The summed E-state index contributed by atoms with van der Waals surface area (Å²) in [7, 11) is 0. The lowest BCUT2D eigenvalue weighted by Gasteiger charge is -2.34. The fourth-order valence-electron chi connectivity index (χ4n) is 6.04. The number of Topliss-reactive ketones (excluding diaryl/α,β-unsaturated/α-hetero) is 1. The highest BCUT2D eigenvalue weighted by molar-refractivity contribution is 6.10. The van der Waals surface area contributed by atoms with Gasteiger partial charge < -0.3 is 10.1 Å².